The van der Waals surface area contributed by atoms with Crippen molar-refractivity contribution < 1.29 is 0 Å². The van der Waals surface area contributed by atoms with Crippen LogP contribution in [-0.4, -0.2) is 4.57 Å². The van der Waals surface area contributed by atoms with Gasteiger partial charge in [0.25, 0.3) is 0 Å². The second-order valence-electron chi connectivity index (χ2n) is 14.1. The van der Waals surface area contributed by atoms with Gasteiger partial charge in [-0.1, -0.05) is 140 Å². The van der Waals surface area contributed by atoms with Gasteiger partial charge in [-0.25, -0.2) is 0 Å². The second kappa shape index (κ2) is 12.9. The Bertz CT molecular complexity index is 3210. The van der Waals surface area contributed by atoms with Crippen molar-refractivity contribution in [1.29, 1.82) is 0 Å². The van der Waals surface area contributed by atoms with Gasteiger partial charge in [0.15, 0.2) is 0 Å². The fourth-order valence-electron chi connectivity index (χ4n) is 8.44. The third-order valence-corrected chi connectivity index (χ3v) is 12.1. The minimum Gasteiger partial charge on any atom is -0.310 e. The molecule has 0 amide bonds. The highest BCUT2D eigenvalue weighted by Crippen LogP contribution is 2.45. The molecule has 0 unspecified atom stereocenters. The highest BCUT2D eigenvalue weighted by atomic mass is 32.1. The average molecular weight is 719 g/mol. The first kappa shape index (κ1) is 31.6. The zero-order chi connectivity index (χ0) is 36.3. The molecule has 0 N–H and O–H groups in total. The Morgan fingerprint density at radius 3 is 1.95 bits per heavy atom. The van der Waals surface area contributed by atoms with Gasteiger partial charge in [-0.2, -0.15) is 0 Å². The fourth-order valence-corrected chi connectivity index (χ4v) is 9.53. The maximum Gasteiger partial charge on any atom is 0.0619 e. The summed E-state index contributed by atoms with van der Waals surface area (Å²) in [5.74, 6) is 0. The van der Waals surface area contributed by atoms with Crippen LogP contribution < -0.4 is 4.90 Å². The summed E-state index contributed by atoms with van der Waals surface area (Å²) in [5.41, 5.74) is 11.7. The predicted molar refractivity (Wildman–Crippen MR) is 237 cm³/mol. The summed E-state index contributed by atoms with van der Waals surface area (Å²) in [6.07, 6.45) is 0. The van der Waals surface area contributed by atoms with Crippen molar-refractivity contribution >= 4 is 81.1 Å². The summed E-state index contributed by atoms with van der Waals surface area (Å²) in [6.45, 7) is 0. The minimum absolute atomic E-state index is 1.11. The van der Waals surface area contributed by atoms with E-state index in [-0.39, 0.29) is 0 Å². The van der Waals surface area contributed by atoms with Crippen LogP contribution >= 0.6 is 11.3 Å². The molecule has 0 saturated carbocycles. The smallest absolute Gasteiger partial charge is 0.0619 e. The summed E-state index contributed by atoms with van der Waals surface area (Å²) in [7, 11) is 0. The van der Waals surface area contributed by atoms with Crippen molar-refractivity contribution in [2.24, 2.45) is 0 Å². The lowest BCUT2D eigenvalue weighted by Crippen LogP contribution is -2.11. The monoisotopic (exact) mass is 718 g/mol. The van der Waals surface area contributed by atoms with Crippen molar-refractivity contribution in [3.63, 3.8) is 0 Å². The first-order valence-electron chi connectivity index (χ1n) is 18.8. The van der Waals surface area contributed by atoms with Crippen molar-refractivity contribution in [3.05, 3.63) is 206 Å². The molecule has 0 aliphatic carbocycles. The van der Waals surface area contributed by atoms with Crippen LogP contribution in [0.3, 0.4) is 0 Å². The molecule has 0 radical (unpaired) electrons. The first-order valence-corrected chi connectivity index (χ1v) is 19.6. The third-order valence-electron chi connectivity index (χ3n) is 11.0. The second-order valence-corrected chi connectivity index (χ2v) is 15.2. The number of aromatic nitrogens is 1. The van der Waals surface area contributed by atoms with Gasteiger partial charge < -0.3 is 9.47 Å². The number of anilines is 3. The maximum atomic E-state index is 2.43. The maximum absolute atomic E-state index is 2.43. The molecule has 9 aromatic carbocycles. The molecular weight excluding hydrogens is 685 g/mol. The number of nitrogens with zero attached hydrogens (tertiary/aromatic N) is 2. The van der Waals surface area contributed by atoms with E-state index in [1.165, 1.54) is 75.0 Å². The van der Waals surface area contributed by atoms with E-state index in [1.54, 1.807) is 0 Å². The number of hydrogen-bond acceptors (Lipinski definition) is 2. The molecule has 0 aliphatic heterocycles. The van der Waals surface area contributed by atoms with Gasteiger partial charge >= 0.3 is 0 Å². The van der Waals surface area contributed by atoms with Crippen molar-refractivity contribution in [2.75, 3.05) is 4.90 Å². The number of thiophene rings is 1. The lowest BCUT2D eigenvalue weighted by atomic mass is 9.98. The van der Waals surface area contributed by atoms with Gasteiger partial charge in [0, 0.05) is 59.0 Å². The van der Waals surface area contributed by atoms with E-state index in [9.17, 15) is 0 Å². The van der Waals surface area contributed by atoms with E-state index >= 15 is 0 Å². The lowest BCUT2D eigenvalue weighted by Gasteiger charge is -2.28. The normalized spacial score (nSPS) is 11.6. The number of hydrogen-bond donors (Lipinski definition) is 0. The van der Waals surface area contributed by atoms with Crippen molar-refractivity contribution in [2.45, 2.75) is 0 Å². The molecule has 11 aromatic rings. The molecule has 0 spiro atoms. The van der Waals surface area contributed by atoms with Gasteiger partial charge in [0.05, 0.1) is 16.7 Å². The van der Waals surface area contributed by atoms with E-state index in [4.69, 9.17) is 0 Å². The molecule has 258 valence electrons. The van der Waals surface area contributed by atoms with Crippen LogP contribution in [0.5, 0.6) is 0 Å². The molecule has 0 atom stereocenters. The molecule has 0 saturated heterocycles. The van der Waals surface area contributed by atoms with E-state index in [0.717, 1.165) is 22.7 Å². The Kier molecular flexibility index (Phi) is 7.39. The van der Waals surface area contributed by atoms with Gasteiger partial charge in [-0.3, -0.25) is 0 Å². The van der Waals surface area contributed by atoms with E-state index in [1.807, 2.05) is 11.3 Å². The molecule has 11 rings (SSSR count). The third kappa shape index (κ3) is 5.24. The Morgan fingerprint density at radius 1 is 0.382 bits per heavy atom. The largest absolute Gasteiger partial charge is 0.310 e. The van der Waals surface area contributed by atoms with Crippen LogP contribution in [0.4, 0.5) is 17.1 Å². The molecular formula is C52H34N2S. The molecule has 55 heavy (non-hydrogen) atoms. The molecule has 0 fully saturated rings. The topological polar surface area (TPSA) is 8.17 Å². The Hall–Kier alpha value is -6.94. The average Bonchev–Trinajstić information content (AvgIpc) is 3.80. The van der Waals surface area contributed by atoms with Crippen LogP contribution in [0.1, 0.15) is 0 Å². The van der Waals surface area contributed by atoms with Gasteiger partial charge in [-0.15, -0.1) is 11.3 Å². The predicted octanol–water partition coefficient (Wildman–Crippen LogP) is 15.1. The van der Waals surface area contributed by atoms with Crippen molar-refractivity contribution in [3.8, 4) is 27.9 Å². The number of rotatable bonds is 6. The highest BCUT2D eigenvalue weighted by molar-refractivity contribution is 7.25. The summed E-state index contributed by atoms with van der Waals surface area (Å²) >= 11 is 1.86. The van der Waals surface area contributed by atoms with E-state index < -0.39 is 0 Å². The molecule has 2 aromatic heterocycles. The summed E-state index contributed by atoms with van der Waals surface area (Å²) in [6, 6.07) is 75.2. The van der Waals surface area contributed by atoms with Gasteiger partial charge in [-0.05, 0) is 88.8 Å². The van der Waals surface area contributed by atoms with Crippen molar-refractivity contribution in [1.82, 2.24) is 4.57 Å². The highest BCUT2D eigenvalue weighted by Gasteiger charge is 2.20. The molecule has 0 aliphatic rings. The Morgan fingerprint density at radius 2 is 1.05 bits per heavy atom. The van der Waals surface area contributed by atoms with Crippen LogP contribution in [0.2, 0.25) is 0 Å². The van der Waals surface area contributed by atoms with Crippen LogP contribution in [0.25, 0.3) is 80.7 Å². The summed E-state index contributed by atoms with van der Waals surface area (Å²) in [5, 5.41) is 7.56. The molecule has 2 nitrogen and oxygen atoms in total. The number of benzene rings is 9. The zero-order valence-corrected chi connectivity index (χ0v) is 30.7. The quantitative estimate of drug-likeness (QED) is 0.166. The standard InChI is InChI=1S/C52H34N2S/c1-3-14-35(15-4-1)42-20-7-10-23-48(42)53(41-29-31-51-47(34-41)44-22-9-12-25-50(44)55-51)40-19-13-16-37(32-40)38-27-26-36-28-30-45-43-21-8-11-24-49(43)54(52(45)46(36)33-38)39-17-5-2-6-18-39/h1-34H. The van der Waals surface area contributed by atoms with Crippen LogP contribution in [0, 0.1) is 0 Å². The summed E-state index contributed by atoms with van der Waals surface area (Å²) in [4.78, 5) is 2.43. The van der Waals surface area contributed by atoms with Gasteiger partial charge in [0.1, 0.15) is 0 Å². The van der Waals surface area contributed by atoms with Crippen LogP contribution in [-0.2, 0) is 0 Å². The first-order chi connectivity index (χ1) is 27.3. The minimum atomic E-state index is 1.11. The van der Waals surface area contributed by atoms with E-state index in [0.29, 0.717) is 0 Å². The fraction of sp³-hybridized carbons (Fsp3) is 0. The number of para-hydroxylation sites is 3. The SMILES string of the molecule is c1ccc(-c2ccccc2N(c2cccc(-c3ccc4ccc5c6ccccc6n(-c6ccccc6)c5c4c3)c2)c2ccc3sc4ccccc4c3c2)cc1. The molecule has 3 heteroatoms. The molecule has 0 bridgehead atoms. The summed E-state index contributed by atoms with van der Waals surface area (Å²) < 4.78 is 5.04. The zero-order valence-electron chi connectivity index (χ0n) is 29.9. The Labute approximate surface area is 323 Å². The number of fused-ring (bicyclic) bond motifs is 8. The van der Waals surface area contributed by atoms with Crippen LogP contribution in [0.15, 0.2) is 206 Å². The van der Waals surface area contributed by atoms with E-state index in [2.05, 4.69) is 216 Å². The Balaban J connectivity index is 1.12. The lowest BCUT2D eigenvalue weighted by molar-refractivity contribution is 1.19. The van der Waals surface area contributed by atoms with Gasteiger partial charge in [0.2, 0.25) is 0 Å². The molecule has 2 heterocycles.